The first-order chi connectivity index (χ1) is 15.6. The number of methoxy groups -OCH3 is 1. The largest absolute Gasteiger partial charge is 0.383 e. The van der Waals surface area contributed by atoms with E-state index in [1.807, 2.05) is 66.1 Å². The van der Waals surface area contributed by atoms with Crippen LogP contribution in [-0.4, -0.2) is 52.1 Å². The molecule has 2 amide bonds. The highest BCUT2D eigenvalue weighted by atomic mass is 32.2. The van der Waals surface area contributed by atoms with Gasteiger partial charge < -0.3 is 15.0 Å². The fraction of sp³-hybridized carbons (Fsp3) is 0.304. The molecule has 0 fully saturated rings. The Morgan fingerprint density at radius 3 is 2.69 bits per heavy atom. The first-order valence-corrected chi connectivity index (χ1v) is 11.4. The van der Waals surface area contributed by atoms with Gasteiger partial charge in [0.25, 0.3) is 0 Å². The van der Waals surface area contributed by atoms with Crippen molar-refractivity contribution >= 4 is 35.0 Å². The van der Waals surface area contributed by atoms with Gasteiger partial charge in [0, 0.05) is 25.1 Å². The molecular weight excluding hydrogens is 426 g/mol. The molecule has 0 saturated heterocycles. The molecule has 1 unspecified atom stereocenters. The van der Waals surface area contributed by atoms with Gasteiger partial charge in [0.05, 0.1) is 30.3 Å². The van der Waals surface area contributed by atoms with Crippen LogP contribution in [0.5, 0.6) is 0 Å². The number of nitrogens with zero attached hydrogens (tertiary/aromatic N) is 4. The zero-order valence-electron chi connectivity index (χ0n) is 18.0. The van der Waals surface area contributed by atoms with E-state index >= 15 is 0 Å². The van der Waals surface area contributed by atoms with Crippen molar-refractivity contribution < 1.29 is 14.3 Å². The van der Waals surface area contributed by atoms with Crippen LogP contribution < -0.4 is 10.2 Å². The molecule has 9 heteroatoms. The van der Waals surface area contributed by atoms with Gasteiger partial charge in [0.15, 0.2) is 11.0 Å². The molecule has 1 aliphatic heterocycles. The van der Waals surface area contributed by atoms with E-state index in [0.717, 1.165) is 11.4 Å². The predicted octanol–water partition coefficient (Wildman–Crippen LogP) is 3.45. The molecule has 32 heavy (non-hydrogen) atoms. The molecule has 0 radical (unpaired) electrons. The summed E-state index contributed by atoms with van der Waals surface area (Å²) in [5.41, 5.74) is 2.31. The highest BCUT2D eigenvalue weighted by molar-refractivity contribution is 7.99. The van der Waals surface area contributed by atoms with Crippen LogP contribution in [0, 0.1) is 0 Å². The molecular formula is C23H25N5O3S. The Labute approximate surface area is 191 Å². The second kappa shape index (κ2) is 9.97. The van der Waals surface area contributed by atoms with Crippen molar-refractivity contribution in [2.24, 2.45) is 0 Å². The van der Waals surface area contributed by atoms with Crippen LogP contribution in [0.3, 0.4) is 0 Å². The lowest BCUT2D eigenvalue weighted by Gasteiger charge is -2.27. The Morgan fingerprint density at radius 1 is 1.16 bits per heavy atom. The molecule has 1 aromatic heterocycles. The van der Waals surface area contributed by atoms with Crippen molar-refractivity contribution in [3.05, 3.63) is 54.6 Å². The number of fused-ring (bicyclic) bond motifs is 1. The van der Waals surface area contributed by atoms with Crippen molar-refractivity contribution in [1.29, 1.82) is 0 Å². The van der Waals surface area contributed by atoms with Gasteiger partial charge in [-0.2, -0.15) is 0 Å². The fourth-order valence-electron chi connectivity index (χ4n) is 3.74. The number of hydrogen-bond donors (Lipinski definition) is 1. The van der Waals surface area contributed by atoms with Gasteiger partial charge >= 0.3 is 0 Å². The lowest BCUT2D eigenvalue weighted by atomic mass is 10.2. The van der Waals surface area contributed by atoms with Crippen LogP contribution in [-0.2, 0) is 20.9 Å². The third-order valence-corrected chi connectivity index (χ3v) is 6.17. The number of amides is 2. The van der Waals surface area contributed by atoms with Gasteiger partial charge in [-0.05, 0) is 19.1 Å². The Balaban J connectivity index is 1.56. The van der Waals surface area contributed by atoms with E-state index in [1.54, 1.807) is 12.0 Å². The first-order valence-electron chi connectivity index (χ1n) is 10.4. The Morgan fingerprint density at radius 2 is 1.91 bits per heavy atom. The van der Waals surface area contributed by atoms with Crippen molar-refractivity contribution in [3.63, 3.8) is 0 Å². The number of thioether (sulfide) groups is 1. The summed E-state index contributed by atoms with van der Waals surface area (Å²) in [6, 6.07) is 16.9. The average Bonchev–Trinajstić information content (AvgIpc) is 3.14. The number of rotatable bonds is 7. The summed E-state index contributed by atoms with van der Waals surface area (Å²) in [5.74, 6) is 0.724. The van der Waals surface area contributed by atoms with Crippen LogP contribution >= 0.6 is 11.8 Å². The van der Waals surface area contributed by atoms with Crippen LogP contribution in [0.4, 0.5) is 11.4 Å². The Kier molecular flexibility index (Phi) is 6.87. The van der Waals surface area contributed by atoms with Crippen LogP contribution in [0.25, 0.3) is 11.4 Å². The molecule has 2 aromatic carbocycles. The van der Waals surface area contributed by atoms with Gasteiger partial charge in [0.2, 0.25) is 11.8 Å². The lowest BCUT2D eigenvalue weighted by molar-refractivity contribution is -0.117. The summed E-state index contributed by atoms with van der Waals surface area (Å²) in [6.07, 6.45) is 0.243. The van der Waals surface area contributed by atoms with E-state index in [-0.39, 0.29) is 30.0 Å². The minimum Gasteiger partial charge on any atom is -0.383 e. The van der Waals surface area contributed by atoms with Crippen molar-refractivity contribution in [2.75, 3.05) is 29.7 Å². The van der Waals surface area contributed by atoms with Gasteiger partial charge in [-0.1, -0.05) is 54.2 Å². The number of ether oxygens (including phenoxy) is 1. The number of anilines is 2. The lowest BCUT2D eigenvalue weighted by Crippen LogP contribution is -2.40. The van der Waals surface area contributed by atoms with Gasteiger partial charge in [-0.15, -0.1) is 10.2 Å². The number of nitrogens with one attached hydrogen (secondary N) is 1. The molecule has 1 atom stereocenters. The maximum atomic E-state index is 13.3. The third kappa shape index (κ3) is 4.68. The Hall–Kier alpha value is -3.17. The molecule has 0 saturated carbocycles. The van der Waals surface area contributed by atoms with Gasteiger partial charge in [-0.25, -0.2) is 0 Å². The average molecular weight is 452 g/mol. The summed E-state index contributed by atoms with van der Waals surface area (Å²) < 4.78 is 7.23. The molecule has 0 spiro atoms. The molecule has 1 aliphatic rings. The normalized spacial score (nSPS) is 15.8. The number of carbonyl (C=O) groups excluding carboxylic acids is 2. The second-order valence-corrected chi connectivity index (χ2v) is 8.43. The van der Waals surface area contributed by atoms with Gasteiger partial charge in [0.1, 0.15) is 0 Å². The molecule has 8 nitrogen and oxygen atoms in total. The molecule has 1 N–H and O–H groups in total. The fourth-order valence-corrected chi connectivity index (χ4v) is 4.57. The quantitative estimate of drug-likeness (QED) is 0.554. The smallest absolute Gasteiger partial charge is 0.237 e. The maximum Gasteiger partial charge on any atom is 0.237 e. The number of aromatic nitrogens is 3. The van der Waals surface area contributed by atoms with E-state index in [2.05, 4.69) is 15.5 Å². The number of para-hydroxylation sites is 2. The number of hydrogen-bond acceptors (Lipinski definition) is 6. The maximum absolute atomic E-state index is 13.3. The van der Waals surface area contributed by atoms with E-state index in [9.17, 15) is 9.59 Å². The van der Waals surface area contributed by atoms with Crippen molar-refractivity contribution in [1.82, 2.24) is 14.8 Å². The SMILES string of the molecule is COCCn1c(SCC(=O)N2c3ccccc3NC(=O)CC2C)nnc1-c1ccccc1. The minimum atomic E-state index is -0.252. The molecule has 3 aromatic rings. The minimum absolute atomic E-state index is 0.0889. The summed E-state index contributed by atoms with van der Waals surface area (Å²) in [5, 5.41) is 12.2. The summed E-state index contributed by atoms with van der Waals surface area (Å²) in [6.45, 7) is 2.97. The van der Waals surface area contributed by atoms with Gasteiger partial charge in [-0.3, -0.25) is 14.2 Å². The van der Waals surface area contributed by atoms with E-state index in [0.29, 0.717) is 29.7 Å². The molecule has 0 bridgehead atoms. The zero-order chi connectivity index (χ0) is 22.5. The van der Waals surface area contributed by atoms with E-state index < -0.39 is 0 Å². The number of carbonyl (C=O) groups is 2. The molecule has 166 valence electrons. The zero-order valence-corrected chi connectivity index (χ0v) is 18.8. The topological polar surface area (TPSA) is 89.4 Å². The van der Waals surface area contributed by atoms with Crippen molar-refractivity contribution in [3.8, 4) is 11.4 Å². The Bertz CT molecular complexity index is 1100. The second-order valence-electron chi connectivity index (χ2n) is 7.49. The number of benzene rings is 2. The molecule has 2 heterocycles. The standard InChI is InChI=1S/C23H25N5O3S/c1-16-14-20(29)24-18-10-6-7-11-19(18)28(16)21(30)15-32-23-26-25-22(27(23)12-13-31-2)17-8-4-3-5-9-17/h3-11,16H,12-15H2,1-2H3,(H,24,29). The summed E-state index contributed by atoms with van der Waals surface area (Å²) >= 11 is 1.34. The molecule has 4 rings (SSSR count). The summed E-state index contributed by atoms with van der Waals surface area (Å²) in [7, 11) is 1.65. The first kappa shape index (κ1) is 22.0. The third-order valence-electron chi connectivity index (χ3n) is 5.22. The highest BCUT2D eigenvalue weighted by Gasteiger charge is 2.30. The van der Waals surface area contributed by atoms with E-state index in [1.165, 1.54) is 11.8 Å². The molecule has 0 aliphatic carbocycles. The van der Waals surface area contributed by atoms with Crippen molar-refractivity contribution in [2.45, 2.75) is 31.1 Å². The highest BCUT2D eigenvalue weighted by Crippen LogP contribution is 2.32. The monoisotopic (exact) mass is 451 g/mol. The summed E-state index contributed by atoms with van der Waals surface area (Å²) in [4.78, 5) is 27.2. The van der Waals surface area contributed by atoms with Crippen LogP contribution in [0.1, 0.15) is 13.3 Å². The van der Waals surface area contributed by atoms with Crippen LogP contribution in [0.2, 0.25) is 0 Å². The van der Waals surface area contributed by atoms with E-state index in [4.69, 9.17) is 4.74 Å². The van der Waals surface area contributed by atoms with Crippen LogP contribution in [0.15, 0.2) is 59.8 Å². The predicted molar refractivity (Wildman–Crippen MR) is 125 cm³/mol.